The van der Waals surface area contributed by atoms with Crippen molar-refractivity contribution in [3.63, 3.8) is 0 Å². The molecule has 0 fully saturated rings. The summed E-state index contributed by atoms with van der Waals surface area (Å²) in [4.78, 5) is 8.81. The van der Waals surface area contributed by atoms with Crippen molar-refractivity contribution in [3.8, 4) is 0 Å². The van der Waals surface area contributed by atoms with Gasteiger partial charge in [0.25, 0.3) is 0 Å². The van der Waals surface area contributed by atoms with Crippen molar-refractivity contribution >= 4 is 33.6 Å². The maximum absolute atomic E-state index is 8.81. The van der Waals surface area contributed by atoms with Crippen LogP contribution in [0.4, 0.5) is 0 Å². The van der Waals surface area contributed by atoms with Crippen molar-refractivity contribution in [2.45, 2.75) is 6.92 Å². The summed E-state index contributed by atoms with van der Waals surface area (Å²) < 4.78 is 0. The minimum Gasteiger partial charge on any atom is -0.304 e. The van der Waals surface area contributed by atoms with Crippen LogP contribution in [0.2, 0.25) is 0 Å². The molecule has 1 radical (unpaired) electrons. The Labute approximate surface area is 45.5 Å². The van der Waals surface area contributed by atoms with Crippen molar-refractivity contribution < 1.29 is 4.79 Å². The zero-order chi connectivity index (χ0) is 2.71. The van der Waals surface area contributed by atoms with Crippen LogP contribution in [0.3, 0.4) is 0 Å². The molecule has 0 rings (SSSR count). The van der Waals surface area contributed by atoms with E-state index in [2.05, 4.69) is 0 Å². The summed E-state index contributed by atoms with van der Waals surface area (Å²) in [5, 5.41) is 0. The van der Waals surface area contributed by atoms with Crippen molar-refractivity contribution in [1.29, 1.82) is 0 Å². The quantitative estimate of drug-likeness (QED) is 0.429. The first-order chi connectivity index (χ1) is 1.41. The van der Waals surface area contributed by atoms with Gasteiger partial charge in [0, 0.05) is 27.3 Å². The number of carbonyl (C=O) groups excluding carboxylic acids is 1. The van der Waals surface area contributed by atoms with Gasteiger partial charge in [0.15, 0.2) is 0 Å². The summed E-state index contributed by atoms with van der Waals surface area (Å²) in [6.45, 7) is 1.44. The molecule has 2 heteroatoms. The standard InChI is InChI=1S/C2H4O.Tl/c1-2-3;/h2H,1H3;. The third-order valence-corrected chi connectivity index (χ3v) is 0. The molecule has 0 aromatic carbocycles. The molecule has 0 saturated carbocycles. The second-order valence-corrected chi connectivity index (χ2v) is 0.236. The van der Waals surface area contributed by atoms with Gasteiger partial charge in [-0.25, -0.2) is 0 Å². The van der Waals surface area contributed by atoms with E-state index in [0.29, 0.717) is 0 Å². The number of rotatable bonds is 0. The zero-order valence-electron chi connectivity index (χ0n) is 2.56. The molecule has 4 heavy (non-hydrogen) atoms. The average molecular weight is 248 g/mol. The maximum atomic E-state index is 8.81. The molecule has 0 amide bonds. The molecule has 0 spiro atoms. The Morgan fingerprint density at radius 1 is 1.75 bits per heavy atom. The van der Waals surface area contributed by atoms with Crippen LogP contribution in [-0.4, -0.2) is 33.6 Å². The van der Waals surface area contributed by atoms with Gasteiger partial charge in [-0.05, 0) is 6.92 Å². The van der Waals surface area contributed by atoms with Gasteiger partial charge in [-0.3, -0.25) is 0 Å². The third-order valence-electron chi connectivity index (χ3n) is 0. The summed E-state index contributed by atoms with van der Waals surface area (Å²) in [6, 6.07) is 0. The van der Waals surface area contributed by atoms with Crippen molar-refractivity contribution in [3.05, 3.63) is 0 Å². The van der Waals surface area contributed by atoms with E-state index in [9.17, 15) is 0 Å². The Kier molecular flexibility index (Phi) is 21.0. The van der Waals surface area contributed by atoms with Crippen LogP contribution in [0.15, 0.2) is 0 Å². The van der Waals surface area contributed by atoms with Gasteiger partial charge >= 0.3 is 0 Å². The summed E-state index contributed by atoms with van der Waals surface area (Å²) in [5.41, 5.74) is 0. The fourth-order valence-electron chi connectivity index (χ4n) is 0. The van der Waals surface area contributed by atoms with Gasteiger partial charge in [0.05, 0.1) is 0 Å². The van der Waals surface area contributed by atoms with Crippen LogP contribution in [0.1, 0.15) is 6.92 Å². The van der Waals surface area contributed by atoms with Gasteiger partial charge in [-0.1, -0.05) is 0 Å². The molecule has 0 atom stereocenters. The van der Waals surface area contributed by atoms with Crippen molar-refractivity contribution in [1.82, 2.24) is 0 Å². The van der Waals surface area contributed by atoms with E-state index in [-0.39, 0.29) is 27.3 Å². The number of aldehydes is 1. The molecule has 0 aromatic heterocycles. The molecule has 0 aliphatic rings. The first-order valence-corrected chi connectivity index (χ1v) is 0.813. The topological polar surface area (TPSA) is 17.1 Å². The minimum atomic E-state index is 0. The Morgan fingerprint density at radius 3 is 1.75 bits per heavy atom. The predicted octanol–water partition coefficient (Wildman–Crippen LogP) is -0.176. The Morgan fingerprint density at radius 2 is 1.75 bits per heavy atom. The zero-order valence-corrected chi connectivity index (χ0v) is 7.05. The van der Waals surface area contributed by atoms with E-state index in [1.807, 2.05) is 0 Å². The van der Waals surface area contributed by atoms with E-state index in [0.717, 1.165) is 6.29 Å². The summed E-state index contributed by atoms with van der Waals surface area (Å²) in [7, 11) is 0. The SMILES string of the molecule is CC=O.[Tl]. The molecule has 0 saturated heterocycles. The molecule has 1 nitrogen and oxygen atoms in total. The van der Waals surface area contributed by atoms with Crippen LogP contribution >= 0.6 is 0 Å². The smallest absolute Gasteiger partial charge is 0.116 e. The molecular formula is C2H4OTl. The molecule has 0 bridgehead atoms. The normalized spacial score (nSPS) is 3.25. The summed E-state index contributed by atoms with van der Waals surface area (Å²) in [6.07, 6.45) is 0.750. The van der Waals surface area contributed by atoms with E-state index in [4.69, 9.17) is 4.79 Å². The van der Waals surface area contributed by atoms with Crippen LogP contribution < -0.4 is 0 Å². The molecule has 0 aromatic rings. The van der Waals surface area contributed by atoms with Crippen LogP contribution in [0, 0.1) is 0 Å². The largest absolute Gasteiger partial charge is 0.304 e. The molecule has 0 N–H and O–H groups in total. The molecule has 0 aliphatic carbocycles. The third kappa shape index (κ3) is 18.7. The Bertz CT molecular complexity index is 13.5. The summed E-state index contributed by atoms with van der Waals surface area (Å²) >= 11 is 0. The van der Waals surface area contributed by atoms with Gasteiger partial charge in [0.1, 0.15) is 6.29 Å². The summed E-state index contributed by atoms with van der Waals surface area (Å²) in [5.74, 6) is 0. The van der Waals surface area contributed by atoms with E-state index in [1.54, 1.807) is 0 Å². The molecular weight excluding hydrogens is 244 g/mol. The molecule has 21 valence electrons. The van der Waals surface area contributed by atoms with Gasteiger partial charge in [-0.2, -0.15) is 0 Å². The average Bonchev–Trinajstić information content (AvgIpc) is 0.918. The van der Waals surface area contributed by atoms with Gasteiger partial charge < -0.3 is 4.79 Å². The fraction of sp³-hybridized carbons (Fsp3) is 0.500. The first-order valence-electron chi connectivity index (χ1n) is 0.813. The predicted molar refractivity (Wildman–Crippen MR) is 17.5 cm³/mol. The second kappa shape index (κ2) is 9.52. The van der Waals surface area contributed by atoms with Crippen molar-refractivity contribution in [2.75, 3.05) is 0 Å². The number of hydrogen-bond acceptors (Lipinski definition) is 1. The fourth-order valence-corrected chi connectivity index (χ4v) is 0. The first kappa shape index (κ1) is 8.82. The van der Waals surface area contributed by atoms with Crippen LogP contribution in [0.5, 0.6) is 0 Å². The minimum absolute atomic E-state index is 0. The van der Waals surface area contributed by atoms with E-state index >= 15 is 0 Å². The van der Waals surface area contributed by atoms with E-state index in [1.165, 1.54) is 6.92 Å². The van der Waals surface area contributed by atoms with Gasteiger partial charge in [-0.15, -0.1) is 0 Å². The maximum Gasteiger partial charge on any atom is 0.116 e. The number of carbonyl (C=O) groups is 1. The van der Waals surface area contributed by atoms with Crippen LogP contribution in [-0.2, 0) is 4.79 Å². The Hall–Kier alpha value is 0.592. The number of hydrogen-bond donors (Lipinski definition) is 0. The molecule has 0 aliphatic heterocycles. The Balaban J connectivity index is 0. The van der Waals surface area contributed by atoms with Gasteiger partial charge in [0.2, 0.25) is 0 Å². The van der Waals surface area contributed by atoms with Crippen molar-refractivity contribution in [2.24, 2.45) is 0 Å². The molecule has 0 unspecified atom stereocenters. The second-order valence-electron chi connectivity index (χ2n) is 0.236. The van der Waals surface area contributed by atoms with E-state index < -0.39 is 0 Å². The monoisotopic (exact) mass is 249 g/mol. The van der Waals surface area contributed by atoms with Crippen LogP contribution in [0.25, 0.3) is 0 Å². The molecule has 0 heterocycles.